The van der Waals surface area contributed by atoms with Gasteiger partial charge in [-0.1, -0.05) is 42.5 Å². The molecular weight excluding hydrogens is 306 g/mol. The van der Waals surface area contributed by atoms with E-state index in [1.165, 1.54) is 0 Å². The Morgan fingerprint density at radius 1 is 0.958 bits per heavy atom. The molecular formula is C18H15N3O3. The van der Waals surface area contributed by atoms with Crippen molar-refractivity contribution in [2.24, 2.45) is 0 Å². The summed E-state index contributed by atoms with van der Waals surface area (Å²) in [6, 6.07) is 19.6. The highest BCUT2D eigenvalue weighted by Gasteiger charge is 2.19. The lowest BCUT2D eigenvalue weighted by Crippen LogP contribution is -2.22. The molecule has 3 aromatic carbocycles. The molecule has 0 heterocycles. The van der Waals surface area contributed by atoms with Crippen molar-refractivity contribution in [3.63, 3.8) is 0 Å². The Labute approximate surface area is 138 Å². The number of nitro groups is 1. The van der Waals surface area contributed by atoms with Gasteiger partial charge in [0.05, 0.1) is 16.9 Å². The molecule has 3 aromatic rings. The van der Waals surface area contributed by atoms with Crippen molar-refractivity contribution in [2.45, 2.75) is 0 Å². The van der Waals surface area contributed by atoms with Crippen LogP contribution in [0.15, 0.2) is 66.7 Å². The summed E-state index contributed by atoms with van der Waals surface area (Å²) < 4.78 is 0. The fraction of sp³-hybridized carbons (Fsp3) is 0.0556. The van der Waals surface area contributed by atoms with Crippen molar-refractivity contribution in [1.29, 1.82) is 0 Å². The number of nitro benzene ring substituents is 1. The predicted octanol–water partition coefficient (Wildman–Crippen LogP) is 3.80. The molecule has 0 saturated carbocycles. The molecule has 0 saturated heterocycles. The van der Waals surface area contributed by atoms with Crippen LogP contribution in [0.1, 0.15) is 0 Å². The second kappa shape index (κ2) is 6.78. The lowest BCUT2D eigenvalue weighted by molar-refractivity contribution is -0.382. The van der Waals surface area contributed by atoms with Crippen LogP contribution in [-0.4, -0.2) is 17.4 Å². The van der Waals surface area contributed by atoms with Crippen LogP contribution in [0.4, 0.5) is 17.1 Å². The Bertz CT molecular complexity index is 894. The van der Waals surface area contributed by atoms with Crippen molar-refractivity contribution >= 4 is 33.7 Å². The number of para-hydroxylation sites is 1. The molecule has 1 amide bonds. The van der Waals surface area contributed by atoms with Gasteiger partial charge in [0.15, 0.2) is 0 Å². The molecule has 0 radical (unpaired) electrons. The first-order chi connectivity index (χ1) is 11.6. The molecule has 6 nitrogen and oxygen atoms in total. The number of nitrogens with zero attached hydrogens (tertiary/aromatic N) is 1. The smallest absolute Gasteiger partial charge is 0.300 e. The van der Waals surface area contributed by atoms with Crippen molar-refractivity contribution in [1.82, 2.24) is 0 Å². The highest BCUT2D eigenvalue weighted by Crippen LogP contribution is 2.33. The molecule has 120 valence electrons. The molecule has 0 aromatic heterocycles. The number of hydrogen-bond acceptors (Lipinski definition) is 4. The van der Waals surface area contributed by atoms with E-state index in [0.29, 0.717) is 5.39 Å². The summed E-state index contributed by atoms with van der Waals surface area (Å²) >= 11 is 0. The first-order valence-corrected chi connectivity index (χ1v) is 7.40. The summed E-state index contributed by atoms with van der Waals surface area (Å²) in [4.78, 5) is 23.1. The number of carbonyl (C=O) groups is 1. The summed E-state index contributed by atoms with van der Waals surface area (Å²) in [5.41, 5.74) is 0.903. The standard InChI is InChI=1S/C18H15N3O3/c22-17(12-19-14-7-2-1-3-8-14)20-16-11-10-13-6-4-5-9-15(13)18(16)21(23)24/h1-11,19H,12H2,(H,20,22). The second-order valence-corrected chi connectivity index (χ2v) is 5.21. The zero-order valence-corrected chi connectivity index (χ0v) is 12.7. The molecule has 3 rings (SSSR count). The van der Waals surface area contributed by atoms with E-state index in [1.807, 2.05) is 36.4 Å². The number of hydrogen-bond donors (Lipinski definition) is 2. The van der Waals surface area contributed by atoms with Crippen LogP contribution < -0.4 is 10.6 Å². The van der Waals surface area contributed by atoms with Crippen molar-refractivity contribution in [3.8, 4) is 0 Å². The van der Waals surface area contributed by atoms with E-state index in [2.05, 4.69) is 10.6 Å². The number of carbonyl (C=O) groups excluding carboxylic acids is 1. The fourth-order valence-electron chi connectivity index (χ4n) is 2.49. The molecule has 24 heavy (non-hydrogen) atoms. The minimum atomic E-state index is -0.470. The minimum Gasteiger partial charge on any atom is -0.376 e. The Balaban J connectivity index is 1.80. The van der Waals surface area contributed by atoms with Crippen LogP contribution in [0.5, 0.6) is 0 Å². The first kappa shape index (κ1) is 15.5. The lowest BCUT2D eigenvalue weighted by Gasteiger charge is -2.09. The van der Waals surface area contributed by atoms with Gasteiger partial charge in [-0.25, -0.2) is 0 Å². The third-order valence-corrected chi connectivity index (χ3v) is 3.58. The summed E-state index contributed by atoms with van der Waals surface area (Å²) in [6.45, 7) is 0.0218. The first-order valence-electron chi connectivity index (χ1n) is 7.40. The van der Waals surface area contributed by atoms with E-state index in [0.717, 1.165) is 11.1 Å². The van der Waals surface area contributed by atoms with Crippen molar-refractivity contribution in [2.75, 3.05) is 17.2 Å². The number of anilines is 2. The quantitative estimate of drug-likeness (QED) is 0.553. The second-order valence-electron chi connectivity index (χ2n) is 5.21. The molecule has 0 bridgehead atoms. The van der Waals surface area contributed by atoms with Gasteiger partial charge in [-0.3, -0.25) is 14.9 Å². The maximum Gasteiger partial charge on any atom is 0.300 e. The number of rotatable bonds is 5. The third kappa shape index (κ3) is 3.33. The largest absolute Gasteiger partial charge is 0.376 e. The summed E-state index contributed by atoms with van der Waals surface area (Å²) in [6.07, 6.45) is 0. The van der Waals surface area contributed by atoms with Crippen LogP contribution in [0.3, 0.4) is 0 Å². The van der Waals surface area contributed by atoms with Crippen molar-refractivity contribution < 1.29 is 9.72 Å². The molecule has 0 aliphatic heterocycles. The maximum absolute atomic E-state index is 12.1. The van der Waals surface area contributed by atoms with Gasteiger partial charge < -0.3 is 10.6 Å². The van der Waals surface area contributed by atoms with E-state index in [4.69, 9.17) is 0 Å². The maximum atomic E-state index is 12.1. The highest BCUT2D eigenvalue weighted by atomic mass is 16.6. The van der Waals surface area contributed by atoms with Gasteiger partial charge in [-0.05, 0) is 29.7 Å². The lowest BCUT2D eigenvalue weighted by atomic mass is 10.1. The van der Waals surface area contributed by atoms with Crippen molar-refractivity contribution in [3.05, 3.63) is 76.8 Å². The topological polar surface area (TPSA) is 84.3 Å². The number of nitrogens with one attached hydrogen (secondary N) is 2. The molecule has 0 spiro atoms. The van der Waals surface area contributed by atoms with Crippen LogP contribution >= 0.6 is 0 Å². The fourth-order valence-corrected chi connectivity index (χ4v) is 2.49. The Kier molecular flexibility index (Phi) is 4.38. The Morgan fingerprint density at radius 2 is 1.67 bits per heavy atom. The van der Waals surface area contributed by atoms with Gasteiger partial charge in [0.2, 0.25) is 5.91 Å². The van der Waals surface area contributed by atoms with E-state index < -0.39 is 4.92 Å². The predicted molar refractivity (Wildman–Crippen MR) is 94.2 cm³/mol. The van der Waals surface area contributed by atoms with E-state index in [-0.39, 0.29) is 23.8 Å². The van der Waals surface area contributed by atoms with E-state index >= 15 is 0 Å². The number of amides is 1. The minimum absolute atomic E-state index is 0.0218. The third-order valence-electron chi connectivity index (χ3n) is 3.58. The van der Waals surface area contributed by atoms with Crippen LogP contribution in [0, 0.1) is 10.1 Å². The molecule has 6 heteroatoms. The van der Waals surface area contributed by atoms with Crippen LogP contribution in [0.2, 0.25) is 0 Å². The van der Waals surface area contributed by atoms with Crippen LogP contribution in [0.25, 0.3) is 10.8 Å². The van der Waals surface area contributed by atoms with Crippen LogP contribution in [-0.2, 0) is 4.79 Å². The number of fused-ring (bicyclic) bond motifs is 1. The summed E-state index contributed by atoms with van der Waals surface area (Å²) in [5, 5.41) is 18.3. The molecule has 0 unspecified atom stereocenters. The van der Waals surface area contributed by atoms with Gasteiger partial charge in [0, 0.05) is 5.69 Å². The van der Waals surface area contributed by atoms with Gasteiger partial charge in [-0.2, -0.15) is 0 Å². The van der Waals surface area contributed by atoms with E-state index in [1.54, 1.807) is 30.3 Å². The van der Waals surface area contributed by atoms with E-state index in [9.17, 15) is 14.9 Å². The normalized spacial score (nSPS) is 10.3. The Morgan fingerprint density at radius 3 is 2.42 bits per heavy atom. The summed E-state index contributed by atoms with van der Waals surface area (Å²) in [7, 11) is 0. The molecule has 2 N–H and O–H groups in total. The zero-order chi connectivity index (χ0) is 16.9. The molecule has 0 aliphatic carbocycles. The SMILES string of the molecule is O=C(CNc1ccccc1)Nc1ccc2ccccc2c1[N+](=O)[O-]. The summed E-state index contributed by atoms with van der Waals surface area (Å²) in [5.74, 6) is -0.350. The highest BCUT2D eigenvalue weighted by molar-refractivity contribution is 6.02. The monoisotopic (exact) mass is 321 g/mol. The van der Waals surface area contributed by atoms with Gasteiger partial charge >= 0.3 is 0 Å². The Hall–Kier alpha value is -3.41. The van der Waals surface area contributed by atoms with Gasteiger partial charge in [0.1, 0.15) is 5.69 Å². The average Bonchev–Trinajstić information content (AvgIpc) is 2.60. The van der Waals surface area contributed by atoms with Gasteiger partial charge in [-0.15, -0.1) is 0 Å². The molecule has 0 fully saturated rings. The number of benzene rings is 3. The average molecular weight is 321 g/mol. The van der Waals surface area contributed by atoms with Gasteiger partial charge in [0.25, 0.3) is 5.69 Å². The molecule has 0 atom stereocenters. The zero-order valence-electron chi connectivity index (χ0n) is 12.7. The molecule has 0 aliphatic rings.